The summed E-state index contributed by atoms with van der Waals surface area (Å²) in [6.45, 7) is 0. The Labute approximate surface area is 75.0 Å². The van der Waals surface area contributed by atoms with E-state index in [1.54, 1.807) is 6.20 Å². The van der Waals surface area contributed by atoms with Gasteiger partial charge in [0.2, 0.25) is 0 Å². The van der Waals surface area contributed by atoms with Gasteiger partial charge >= 0.3 is 5.97 Å². The molecule has 1 heterocycles. The normalized spacial score (nSPS) is 10.5. The number of carbonyl (C=O) groups is 1. The summed E-state index contributed by atoms with van der Waals surface area (Å²) in [6, 6.07) is 7.68. The highest BCUT2D eigenvalue weighted by Gasteiger charge is 2.05. The molecule has 0 aliphatic carbocycles. The molecule has 2 rings (SSSR count). The van der Waals surface area contributed by atoms with E-state index in [9.17, 15) is 4.79 Å². The second-order valence-corrected chi connectivity index (χ2v) is 2.93. The number of carboxylic acids is 1. The van der Waals surface area contributed by atoms with Crippen LogP contribution in [0.4, 0.5) is 0 Å². The molecule has 0 radical (unpaired) electrons. The zero-order valence-electron chi connectivity index (χ0n) is 6.95. The van der Waals surface area contributed by atoms with Crippen molar-refractivity contribution in [2.45, 2.75) is 6.42 Å². The first-order valence-corrected chi connectivity index (χ1v) is 4.04. The lowest BCUT2D eigenvalue weighted by molar-refractivity contribution is -0.136. The quantitative estimate of drug-likeness (QED) is 0.685. The summed E-state index contributed by atoms with van der Waals surface area (Å²) in [6.07, 6.45) is 1.82. The van der Waals surface area contributed by atoms with E-state index in [0.29, 0.717) is 0 Å². The molecule has 0 spiro atoms. The maximum absolute atomic E-state index is 10.5. The van der Waals surface area contributed by atoms with Crippen molar-refractivity contribution in [3.63, 3.8) is 0 Å². The van der Waals surface area contributed by atoms with E-state index >= 15 is 0 Å². The molecule has 0 saturated heterocycles. The number of para-hydroxylation sites is 1. The minimum atomic E-state index is -0.801. The highest BCUT2D eigenvalue weighted by atomic mass is 16.5. The molecule has 0 atom stereocenters. The highest BCUT2D eigenvalue weighted by Crippen LogP contribution is 2.17. The number of benzene rings is 1. The maximum Gasteiger partial charge on any atom is 0.307 e. The minimum absolute atomic E-state index is 0.0734. The molecule has 2 N–H and O–H groups in total. The van der Waals surface area contributed by atoms with Crippen LogP contribution in [0.3, 0.4) is 0 Å². The topological polar surface area (TPSA) is 53.1 Å². The first kappa shape index (κ1) is 7.86. The first-order chi connectivity index (χ1) is 6.27. The third kappa shape index (κ3) is 1.40. The number of carboxylic acid groups (broad SMARTS) is 1. The van der Waals surface area contributed by atoms with Gasteiger partial charge in [-0.1, -0.05) is 18.2 Å². The number of aromatic nitrogens is 1. The van der Waals surface area contributed by atoms with Crippen molar-refractivity contribution < 1.29 is 9.90 Å². The largest absolute Gasteiger partial charge is 0.481 e. The van der Waals surface area contributed by atoms with Gasteiger partial charge < -0.3 is 10.1 Å². The Morgan fingerprint density at radius 2 is 2.15 bits per heavy atom. The van der Waals surface area contributed by atoms with Crippen molar-refractivity contribution in [2.24, 2.45) is 0 Å². The number of H-pyrrole nitrogens is 1. The van der Waals surface area contributed by atoms with Crippen LogP contribution in [0.2, 0.25) is 0 Å². The van der Waals surface area contributed by atoms with Gasteiger partial charge in [0.25, 0.3) is 0 Å². The summed E-state index contributed by atoms with van der Waals surface area (Å²) in [5.41, 5.74) is 1.82. The molecule has 0 amide bonds. The summed E-state index contributed by atoms with van der Waals surface area (Å²) < 4.78 is 0. The maximum atomic E-state index is 10.5. The Kier molecular flexibility index (Phi) is 1.77. The molecule has 0 aliphatic rings. The molecular formula is C10H9NO2. The molecule has 0 aliphatic heterocycles. The van der Waals surface area contributed by atoms with Crippen LogP contribution in [0.5, 0.6) is 0 Å². The van der Waals surface area contributed by atoms with Crippen LogP contribution in [0, 0.1) is 0 Å². The number of fused-ring (bicyclic) bond motifs is 1. The van der Waals surface area contributed by atoms with Gasteiger partial charge in [0, 0.05) is 17.1 Å². The minimum Gasteiger partial charge on any atom is -0.481 e. The lowest BCUT2D eigenvalue weighted by atomic mass is 10.2. The van der Waals surface area contributed by atoms with E-state index in [1.165, 1.54) is 0 Å². The van der Waals surface area contributed by atoms with Crippen LogP contribution < -0.4 is 0 Å². The third-order valence-corrected chi connectivity index (χ3v) is 2.02. The second-order valence-electron chi connectivity index (χ2n) is 2.93. The highest BCUT2D eigenvalue weighted by molar-refractivity contribution is 5.86. The van der Waals surface area contributed by atoms with Gasteiger partial charge in [0.1, 0.15) is 0 Å². The molecule has 1 aromatic heterocycles. The SMILES string of the molecule is O=[13C](O)Cc1c[nH]c2ccccc12. The standard InChI is InChI=1S/C10H9NO2/c12-10(13)5-7-6-11-9-4-2-1-3-8(7)9/h1-4,6,11H,5H2,(H,12,13)/i10+1. The van der Waals surface area contributed by atoms with Gasteiger partial charge in [-0.2, -0.15) is 0 Å². The van der Waals surface area contributed by atoms with Gasteiger partial charge in [-0.3, -0.25) is 4.79 Å². The Bertz CT molecular complexity index is 445. The van der Waals surface area contributed by atoms with Crippen LogP contribution in [0.25, 0.3) is 10.9 Å². The van der Waals surface area contributed by atoms with E-state index in [4.69, 9.17) is 5.11 Å². The molecule has 13 heavy (non-hydrogen) atoms. The van der Waals surface area contributed by atoms with E-state index in [0.717, 1.165) is 16.5 Å². The average molecular weight is 176 g/mol. The zero-order chi connectivity index (χ0) is 9.26. The van der Waals surface area contributed by atoms with E-state index in [1.807, 2.05) is 24.3 Å². The van der Waals surface area contributed by atoms with Gasteiger partial charge in [0.15, 0.2) is 0 Å². The van der Waals surface area contributed by atoms with Crippen molar-refractivity contribution in [1.82, 2.24) is 4.98 Å². The predicted octanol–water partition coefficient (Wildman–Crippen LogP) is 1.79. The molecule has 3 heteroatoms. The van der Waals surface area contributed by atoms with Crippen molar-refractivity contribution in [3.8, 4) is 0 Å². The zero-order valence-corrected chi connectivity index (χ0v) is 6.95. The van der Waals surface area contributed by atoms with Crippen LogP contribution >= 0.6 is 0 Å². The van der Waals surface area contributed by atoms with E-state index in [2.05, 4.69) is 4.98 Å². The summed E-state index contributed by atoms with van der Waals surface area (Å²) in [7, 11) is 0. The van der Waals surface area contributed by atoms with Crippen LogP contribution in [-0.2, 0) is 11.2 Å². The smallest absolute Gasteiger partial charge is 0.307 e. The van der Waals surface area contributed by atoms with Crippen LogP contribution in [0.15, 0.2) is 30.5 Å². The molecule has 3 nitrogen and oxygen atoms in total. The summed E-state index contributed by atoms with van der Waals surface area (Å²) >= 11 is 0. The summed E-state index contributed by atoms with van der Waals surface area (Å²) in [4.78, 5) is 13.5. The fraction of sp³-hybridized carbons (Fsp3) is 0.100. The number of nitrogens with one attached hydrogen (secondary N) is 1. The number of rotatable bonds is 2. The molecule has 2 aromatic rings. The van der Waals surface area contributed by atoms with Crippen molar-refractivity contribution in [1.29, 1.82) is 0 Å². The van der Waals surface area contributed by atoms with Gasteiger partial charge in [-0.15, -0.1) is 0 Å². The predicted molar refractivity (Wildman–Crippen MR) is 49.6 cm³/mol. The van der Waals surface area contributed by atoms with Crippen molar-refractivity contribution in [2.75, 3.05) is 0 Å². The Morgan fingerprint density at radius 3 is 2.92 bits per heavy atom. The van der Waals surface area contributed by atoms with Gasteiger partial charge in [0.05, 0.1) is 6.42 Å². The fourth-order valence-corrected chi connectivity index (χ4v) is 1.44. The lowest BCUT2D eigenvalue weighted by Gasteiger charge is -1.92. The lowest BCUT2D eigenvalue weighted by Crippen LogP contribution is -1.98. The number of hydrogen-bond donors (Lipinski definition) is 2. The molecule has 66 valence electrons. The van der Waals surface area contributed by atoms with E-state index in [-0.39, 0.29) is 6.42 Å². The Morgan fingerprint density at radius 1 is 1.38 bits per heavy atom. The van der Waals surface area contributed by atoms with Crippen molar-refractivity contribution >= 4 is 16.9 Å². The molecule has 1 aromatic carbocycles. The first-order valence-electron chi connectivity index (χ1n) is 4.04. The molecule has 0 unspecified atom stereocenters. The number of aromatic amines is 1. The molecule has 0 saturated carbocycles. The number of aliphatic carboxylic acids is 1. The van der Waals surface area contributed by atoms with Crippen molar-refractivity contribution in [3.05, 3.63) is 36.0 Å². The van der Waals surface area contributed by atoms with E-state index < -0.39 is 5.97 Å². The van der Waals surface area contributed by atoms with Gasteiger partial charge in [-0.25, -0.2) is 0 Å². The Balaban J connectivity index is 2.51. The summed E-state index contributed by atoms with van der Waals surface area (Å²) in [5, 5.41) is 9.62. The molecule has 0 bridgehead atoms. The fourth-order valence-electron chi connectivity index (χ4n) is 1.44. The second kappa shape index (κ2) is 2.94. The van der Waals surface area contributed by atoms with Crippen LogP contribution in [0.1, 0.15) is 5.56 Å². The number of hydrogen-bond acceptors (Lipinski definition) is 1. The molecule has 0 fully saturated rings. The summed E-state index contributed by atoms with van der Waals surface area (Å²) in [5.74, 6) is -0.801. The monoisotopic (exact) mass is 176 g/mol. The molecular weight excluding hydrogens is 167 g/mol. The average Bonchev–Trinajstić information content (AvgIpc) is 2.48. The third-order valence-electron chi connectivity index (χ3n) is 2.02. The van der Waals surface area contributed by atoms with Crippen LogP contribution in [-0.4, -0.2) is 16.1 Å². The van der Waals surface area contributed by atoms with Gasteiger partial charge in [-0.05, 0) is 11.6 Å². The Hall–Kier alpha value is -1.77.